The summed E-state index contributed by atoms with van der Waals surface area (Å²) in [6.45, 7) is 4.18. The summed E-state index contributed by atoms with van der Waals surface area (Å²) < 4.78 is 0. The van der Waals surface area contributed by atoms with E-state index in [2.05, 4.69) is 17.1 Å². The van der Waals surface area contributed by atoms with Crippen LogP contribution in [0.2, 0.25) is 0 Å². The minimum atomic E-state index is 1.08. The fraction of sp³-hybridized carbons (Fsp3) is 0.714. The summed E-state index contributed by atoms with van der Waals surface area (Å²) in [5.41, 5.74) is 0. The normalized spacial score (nSPS) is 10.2. The molecule has 0 saturated heterocycles. The Morgan fingerprint density at radius 1 is 1.40 bits per heavy atom. The summed E-state index contributed by atoms with van der Waals surface area (Å²) >= 11 is 1.71. The second kappa shape index (κ2) is 3.66. The van der Waals surface area contributed by atoms with Gasteiger partial charge in [0.1, 0.15) is 10.0 Å². The van der Waals surface area contributed by atoms with Crippen LogP contribution in [0.4, 0.5) is 0 Å². The summed E-state index contributed by atoms with van der Waals surface area (Å²) in [6, 6.07) is 0. The Hall–Kier alpha value is -0.440. The summed E-state index contributed by atoms with van der Waals surface area (Å²) in [6.07, 6.45) is 3.56. The van der Waals surface area contributed by atoms with E-state index in [-0.39, 0.29) is 0 Å². The Morgan fingerprint density at radius 3 is 2.70 bits per heavy atom. The minimum absolute atomic E-state index is 1.08. The lowest BCUT2D eigenvalue weighted by Gasteiger charge is -1.88. The van der Waals surface area contributed by atoms with Crippen LogP contribution in [-0.2, 0) is 6.42 Å². The van der Waals surface area contributed by atoms with Crippen molar-refractivity contribution < 1.29 is 0 Å². The van der Waals surface area contributed by atoms with E-state index in [1.165, 1.54) is 17.8 Å². The van der Waals surface area contributed by atoms with Gasteiger partial charge in [-0.05, 0) is 13.3 Å². The molecule has 0 aliphatic carbocycles. The zero-order chi connectivity index (χ0) is 7.40. The van der Waals surface area contributed by atoms with Gasteiger partial charge in [0.25, 0.3) is 0 Å². The summed E-state index contributed by atoms with van der Waals surface area (Å²) in [4.78, 5) is 0. The molecule has 10 heavy (non-hydrogen) atoms. The van der Waals surface area contributed by atoms with Gasteiger partial charge < -0.3 is 0 Å². The van der Waals surface area contributed by atoms with Crippen LogP contribution in [0.25, 0.3) is 0 Å². The van der Waals surface area contributed by atoms with Crippen molar-refractivity contribution >= 4 is 11.3 Å². The van der Waals surface area contributed by atoms with E-state index < -0.39 is 0 Å². The maximum Gasteiger partial charge on any atom is 0.117 e. The third-order valence-corrected chi connectivity index (χ3v) is 2.21. The van der Waals surface area contributed by atoms with Crippen molar-refractivity contribution in [3.05, 3.63) is 10.0 Å². The molecule has 0 bridgehead atoms. The van der Waals surface area contributed by atoms with Crippen LogP contribution in [0.1, 0.15) is 29.8 Å². The largest absolute Gasteiger partial charge is 0.144 e. The third-order valence-electron chi connectivity index (χ3n) is 1.31. The minimum Gasteiger partial charge on any atom is -0.144 e. The number of aromatic nitrogens is 2. The van der Waals surface area contributed by atoms with Crippen LogP contribution >= 0.6 is 11.3 Å². The number of hydrogen-bond donors (Lipinski definition) is 0. The number of nitrogens with zero attached hydrogens (tertiary/aromatic N) is 2. The molecule has 1 aromatic rings. The molecule has 2 nitrogen and oxygen atoms in total. The highest BCUT2D eigenvalue weighted by Gasteiger charge is 1.97. The molecule has 0 aliphatic heterocycles. The molecule has 0 unspecified atom stereocenters. The van der Waals surface area contributed by atoms with Gasteiger partial charge in [0.2, 0.25) is 0 Å². The van der Waals surface area contributed by atoms with E-state index in [1.807, 2.05) is 6.92 Å². The van der Waals surface area contributed by atoms with Crippen molar-refractivity contribution in [2.45, 2.75) is 33.1 Å². The topological polar surface area (TPSA) is 25.8 Å². The van der Waals surface area contributed by atoms with Gasteiger partial charge in [0, 0.05) is 6.42 Å². The highest BCUT2D eigenvalue weighted by Crippen LogP contribution is 2.10. The van der Waals surface area contributed by atoms with Gasteiger partial charge in [-0.3, -0.25) is 0 Å². The first-order valence-corrected chi connectivity index (χ1v) is 4.43. The molecule has 0 fully saturated rings. The first-order chi connectivity index (χ1) is 4.83. The summed E-state index contributed by atoms with van der Waals surface area (Å²) in [5, 5.41) is 10.2. The Labute approximate surface area is 65.3 Å². The quantitative estimate of drug-likeness (QED) is 0.670. The van der Waals surface area contributed by atoms with E-state index in [0.29, 0.717) is 0 Å². The lowest BCUT2D eigenvalue weighted by molar-refractivity contribution is 0.778. The molecule has 0 spiro atoms. The maximum atomic E-state index is 4.02. The van der Waals surface area contributed by atoms with Crippen LogP contribution in [0.5, 0.6) is 0 Å². The molecule has 0 amide bonds. The van der Waals surface area contributed by atoms with Crippen molar-refractivity contribution in [2.75, 3.05) is 0 Å². The highest BCUT2D eigenvalue weighted by atomic mass is 32.1. The number of unbranched alkanes of at least 4 members (excludes halogenated alkanes) is 1. The van der Waals surface area contributed by atoms with Gasteiger partial charge in [-0.25, -0.2) is 0 Å². The fourth-order valence-electron chi connectivity index (χ4n) is 0.767. The molecule has 0 aromatic carbocycles. The lowest BCUT2D eigenvalue weighted by Crippen LogP contribution is -1.81. The van der Waals surface area contributed by atoms with E-state index >= 15 is 0 Å². The zero-order valence-electron chi connectivity index (χ0n) is 6.42. The van der Waals surface area contributed by atoms with E-state index in [9.17, 15) is 0 Å². The summed E-state index contributed by atoms with van der Waals surface area (Å²) in [7, 11) is 0. The van der Waals surface area contributed by atoms with Crippen LogP contribution in [-0.4, -0.2) is 10.2 Å². The number of aryl methyl sites for hydroxylation is 2. The van der Waals surface area contributed by atoms with Crippen LogP contribution in [0.15, 0.2) is 0 Å². The van der Waals surface area contributed by atoms with Crippen molar-refractivity contribution in [2.24, 2.45) is 0 Å². The van der Waals surface area contributed by atoms with E-state index in [1.54, 1.807) is 11.3 Å². The van der Waals surface area contributed by atoms with Gasteiger partial charge in [-0.15, -0.1) is 21.5 Å². The van der Waals surface area contributed by atoms with Gasteiger partial charge >= 0.3 is 0 Å². The predicted molar refractivity (Wildman–Crippen MR) is 43.3 cm³/mol. The van der Waals surface area contributed by atoms with Crippen molar-refractivity contribution in [3.63, 3.8) is 0 Å². The number of rotatable bonds is 3. The second-order valence-corrected chi connectivity index (χ2v) is 3.58. The lowest BCUT2D eigenvalue weighted by atomic mass is 10.3. The maximum absolute atomic E-state index is 4.02. The second-order valence-electron chi connectivity index (χ2n) is 2.32. The Balaban J connectivity index is 2.42. The zero-order valence-corrected chi connectivity index (χ0v) is 7.24. The molecule has 0 radical (unpaired) electrons. The molecule has 0 N–H and O–H groups in total. The molecular formula is C7H12N2S. The monoisotopic (exact) mass is 156 g/mol. The molecule has 0 aliphatic rings. The van der Waals surface area contributed by atoms with Gasteiger partial charge in [-0.2, -0.15) is 0 Å². The molecule has 3 heteroatoms. The number of hydrogen-bond acceptors (Lipinski definition) is 3. The van der Waals surface area contributed by atoms with Crippen LogP contribution in [0.3, 0.4) is 0 Å². The van der Waals surface area contributed by atoms with Gasteiger partial charge in [0.15, 0.2) is 0 Å². The smallest absolute Gasteiger partial charge is 0.117 e. The average molecular weight is 156 g/mol. The van der Waals surface area contributed by atoms with Gasteiger partial charge in [-0.1, -0.05) is 13.3 Å². The fourth-order valence-corrected chi connectivity index (χ4v) is 1.52. The summed E-state index contributed by atoms with van der Waals surface area (Å²) in [5.74, 6) is 0. The van der Waals surface area contributed by atoms with Crippen molar-refractivity contribution in [1.82, 2.24) is 10.2 Å². The third kappa shape index (κ3) is 2.06. The average Bonchev–Trinajstić information content (AvgIpc) is 2.31. The van der Waals surface area contributed by atoms with Crippen molar-refractivity contribution in [1.29, 1.82) is 0 Å². The first-order valence-electron chi connectivity index (χ1n) is 3.62. The molecule has 1 aromatic heterocycles. The molecule has 0 atom stereocenters. The predicted octanol–water partition coefficient (Wildman–Crippen LogP) is 2.19. The van der Waals surface area contributed by atoms with E-state index in [4.69, 9.17) is 0 Å². The highest BCUT2D eigenvalue weighted by molar-refractivity contribution is 7.11. The molecule has 1 rings (SSSR count). The van der Waals surface area contributed by atoms with E-state index in [0.717, 1.165) is 11.4 Å². The van der Waals surface area contributed by atoms with Crippen LogP contribution < -0.4 is 0 Å². The Bertz CT molecular complexity index is 195. The standard InChI is InChI=1S/C7H12N2S/c1-3-4-5-7-9-8-6(2)10-7/h3-5H2,1-2H3. The molecule has 0 saturated carbocycles. The molecular weight excluding hydrogens is 144 g/mol. The Morgan fingerprint density at radius 2 is 2.20 bits per heavy atom. The molecule has 1 heterocycles. The van der Waals surface area contributed by atoms with Crippen LogP contribution in [0, 0.1) is 6.92 Å². The first kappa shape index (κ1) is 7.66. The SMILES string of the molecule is CCCCc1nnc(C)s1. The van der Waals surface area contributed by atoms with Crippen molar-refractivity contribution in [3.8, 4) is 0 Å². The Kier molecular flexibility index (Phi) is 2.81. The molecule has 56 valence electrons. The van der Waals surface area contributed by atoms with Gasteiger partial charge in [0.05, 0.1) is 0 Å².